The average Bonchev–Trinajstić information content (AvgIpc) is 2.47. The highest BCUT2D eigenvalue weighted by Gasteiger charge is 2.14. The van der Waals surface area contributed by atoms with E-state index in [1.165, 1.54) is 4.57 Å². The van der Waals surface area contributed by atoms with Crippen molar-refractivity contribution in [2.24, 2.45) is 0 Å². The molecule has 4 nitrogen and oxygen atoms in total. The van der Waals surface area contributed by atoms with Crippen LogP contribution in [0.4, 0.5) is 0 Å². The van der Waals surface area contributed by atoms with Gasteiger partial charge in [-0.1, -0.05) is 42.5 Å². The Balaban J connectivity index is 2.41. The summed E-state index contributed by atoms with van der Waals surface area (Å²) in [6.07, 6.45) is -0.905. The van der Waals surface area contributed by atoms with E-state index in [0.717, 1.165) is 5.56 Å². The maximum Gasteiger partial charge on any atom is 0.279 e. The third-order valence-electron chi connectivity index (χ3n) is 3.22. The summed E-state index contributed by atoms with van der Waals surface area (Å²) in [7, 11) is 0. The van der Waals surface area contributed by atoms with Gasteiger partial charge in [-0.15, -0.1) is 0 Å². The molecule has 1 heterocycles. The van der Waals surface area contributed by atoms with E-state index in [1.54, 1.807) is 13.0 Å². The molecule has 1 N–H and O–H groups in total. The fourth-order valence-electron chi connectivity index (χ4n) is 2.31. The zero-order valence-electron chi connectivity index (χ0n) is 11.0. The second kappa shape index (κ2) is 4.90. The van der Waals surface area contributed by atoms with Gasteiger partial charge in [0.25, 0.3) is 5.56 Å². The minimum atomic E-state index is -0.905. The summed E-state index contributed by atoms with van der Waals surface area (Å²) in [5.41, 5.74) is 2.13. The van der Waals surface area contributed by atoms with Crippen molar-refractivity contribution in [2.45, 2.75) is 13.2 Å². The van der Waals surface area contributed by atoms with Gasteiger partial charge < -0.3 is 5.11 Å². The Morgan fingerprint density at radius 3 is 2.40 bits per heavy atom. The normalized spacial score (nSPS) is 12.5. The van der Waals surface area contributed by atoms with Gasteiger partial charge in [0, 0.05) is 5.56 Å². The molecule has 0 saturated heterocycles. The number of fused-ring (bicyclic) bond motifs is 1. The Bertz CT molecular complexity index is 808. The zero-order chi connectivity index (χ0) is 14.1. The molecule has 100 valence electrons. The second-order valence-corrected chi connectivity index (χ2v) is 4.62. The van der Waals surface area contributed by atoms with E-state index >= 15 is 0 Å². The van der Waals surface area contributed by atoms with Gasteiger partial charge >= 0.3 is 0 Å². The summed E-state index contributed by atoms with van der Waals surface area (Å²) < 4.78 is 1.37. The smallest absolute Gasteiger partial charge is 0.279 e. The largest absolute Gasteiger partial charge is 0.373 e. The van der Waals surface area contributed by atoms with Crippen LogP contribution in [-0.4, -0.2) is 14.7 Å². The Morgan fingerprint density at radius 2 is 1.70 bits per heavy atom. The predicted octanol–water partition coefficient (Wildman–Crippen LogP) is 2.57. The Kier molecular flexibility index (Phi) is 3.08. The number of rotatable bonds is 2. The predicted molar refractivity (Wildman–Crippen MR) is 78.4 cm³/mol. The molecule has 20 heavy (non-hydrogen) atoms. The molecule has 3 rings (SSSR count). The van der Waals surface area contributed by atoms with E-state index in [9.17, 15) is 9.90 Å². The monoisotopic (exact) mass is 266 g/mol. The van der Waals surface area contributed by atoms with E-state index in [1.807, 2.05) is 48.5 Å². The molecular weight excluding hydrogens is 252 g/mol. The quantitative estimate of drug-likeness (QED) is 0.775. The van der Waals surface area contributed by atoms with Crippen molar-refractivity contribution in [1.29, 1.82) is 0 Å². The third-order valence-corrected chi connectivity index (χ3v) is 3.22. The highest BCUT2D eigenvalue weighted by atomic mass is 16.3. The van der Waals surface area contributed by atoms with E-state index in [2.05, 4.69) is 4.98 Å². The van der Waals surface area contributed by atoms with Crippen LogP contribution in [0.1, 0.15) is 13.2 Å². The van der Waals surface area contributed by atoms with Crippen LogP contribution < -0.4 is 5.56 Å². The molecule has 0 bridgehead atoms. The lowest BCUT2D eigenvalue weighted by atomic mass is 10.1. The number of para-hydroxylation sites is 2. The average molecular weight is 266 g/mol. The van der Waals surface area contributed by atoms with Crippen molar-refractivity contribution in [2.75, 3.05) is 0 Å². The van der Waals surface area contributed by atoms with Gasteiger partial charge in [-0.25, -0.2) is 4.98 Å². The van der Waals surface area contributed by atoms with Crippen LogP contribution in [0.2, 0.25) is 0 Å². The summed E-state index contributed by atoms with van der Waals surface area (Å²) in [5.74, 6) is 0. The molecule has 0 aliphatic carbocycles. The van der Waals surface area contributed by atoms with Crippen molar-refractivity contribution in [3.05, 3.63) is 65.0 Å². The Morgan fingerprint density at radius 1 is 1.05 bits per heavy atom. The Labute approximate surface area is 116 Å². The van der Waals surface area contributed by atoms with E-state index in [0.29, 0.717) is 16.7 Å². The van der Waals surface area contributed by atoms with Crippen LogP contribution in [0.15, 0.2) is 59.4 Å². The van der Waals surface area contributed by atoms with Crippen molar-refractivity contribution < 1.29 is 5.11 Å². The highest BCUT2D eigenvalue weighted by molar-refractivity contribution is 5.77. The molecule has 1 aromatic heterocycles. The third kappa shape index (κ3) is 2.00. The van der Waals surface area contributed by atoms with Gasteiger partial charge in [-0.3, -0.25) is 9.36 Å². The molecule has 1 atom stereocenters. The number of benzene rings is 2. The van der Waals surface area contributed by atoms with Gasteiger partial charge in [-0.2, -0.15) is 0 Å². The second-order valence-electron chi connectivity index (χ2n) is 4.62. The summed E-state index contributed by atoms with van der Waals surface area (Å²) in [6, 6.07) is 16.6. The first kappa shape index (κ1) is 12.6. The molecular formula is C16H14N2O2. The van der Waals surface area contributed by atoms with Crippen molar-refractivity contribution in [1.82, 2.24) is 9.55 Å². The molecule has 3 aromatic rings. The molecule has 0 fully saturated rings. The summed E-state index contributed by atoms with van der Waals surface area (Å²) in [5, 5.41) is 9.91. The topological polar surface area (TPSA) is 55.1 Å². The van der Waals surface area contributed by atoms with Crippen molar-refractivity contribution in [3.8, 4) is 11.3 Å². The maximum absolute atomic E-state index is 12.6. The van der Waals surface area contributed by atoms with E-state index in [4.69, 9.17) is 0 Å². The van der Waals surface area contributed by atoms with Crippen molar-refractivity contribution in [3.63, 3.8) is 0 Å². The molecule has 0 aliphatic rings. The van der Waals surface area contributed by atoms with E-state index < -0.39 is 6.23 Å². The Hall–Kier alpha value is -2.46. The summed E-state index contributed by atoms with van der Waals surface area (Å²) in [4.78, 5) is 17.0. The summed E-state index contributed by atoms with van der Waals surface area (Å²) >= 11 is 0. The SMILES string of the molecule is CC(O)n1c(=O)c(-c2ccccc2)nc2ccccc21. The highest BCUT2D eigenvalue weighted by Crippen LogP contribution is 2.18. The molecule has 0 amide bonds. The van der Waals surface area contributed by atoms with Crippen LogP contribution >= 0.6 is 0 Å². The maximum atomic E-state index is 12.6. The lowest BCUT2D eigenvalue weighted by Crippen LogP contribution is -2.26. The van der Waals surface area contributed by atoms with Crippen LogP contribution in [-0.2, 0) is 0 Å². The van der Waals surface area contributed by atoms with Gasteiger partial charge in [0.05, 0.1) is 11.0 Å². The first-order valence-electron chi connectivity index (χ1n) is 6.43. The fraction of sp³-hybridized carbons (Fsp3) is 0.125. The zero-order valence-corrected chi connectivity index (χ0v) is 11.0. The molecule has 0 radical (unpaired) electrons. The van der Waals surface area contributed by atoms with Gasteiger partial charge in [0.15, 0.2) is 0 Å². The van der Waals surface area contributed by atoms with Gasteiger partial charge in [0.1, 0.15) is 11.9 Å². The summed E-state index contributed by atoms with van der Waals surface area (Å²) in [6.45, 7) is 1.57. The number of hydrogen-bond acceptors (Lipinski definition) is 3. The van der Waals surface area contributed by atoms with Crippen LogP contribution in [0, 0.1) is 0 Å². The van der Waals surface area contributed by atoms with Crippen molar-refractivity contribution >= 4 is 11.0 Å². The number of aromatic nitrogens is 2. The van der Waals surface area contributed by atoms with Gasteiger partial charge in [-0.05, 0) is 19.1 Å². The molecule has 0 aliphatic heterocycles. The standard InChI is InChI=1S/C16H14N2O2/c1-11(19)18-14-10-6-5-9-13(14)17-15(16(18)20)12-7-3-2-4-8-12/h2-11,19H,1H3. The molecule has 4 heteroatoms. The molecule has 0 saturated carbocycles. The van der Waals surface area contributed by atoms with E-state index in [-0.39, 0.29) is 5.56 Å². The molecule has 2 aromatic carbocycles. The number of hydrogen-bond donors (Lipinski definition) is 1. The minimum Gasteiger partial charge on any atom is -0.373 e. The van der Waals surface area contributed by atoms with Crippen LogP contribution in [0.25, 0.3) is 22.3 Å². The first-order chi connectivity index (χ1) is 9.68. The number of nitrogens with zero attached hydrogens (tertiary/aromatic N) is 2. The van der Waals surface area contributed by atoms with Crippen LogP contribution in [0.3, 0.4) is 0 Å². The van der Waals surface area contributed by atoms with Crippen LogP contribution in [0.5, 0.6) is 0 Å². The van der Waals surface area contributed by atoms with Gasteiger partial charge in [0.2, 0.25) is 0 Å². The molecule has 1 unspecified atom stereocenters. The number of aliphatic hydroxyl groups excluding tert-OH is 1. The lowest BCUT2D eigenvalue weighted by Gasteiger charge is -2.14. The lowest BCUT2D eigenvalue weighted by molar-refractivity contribution is 0.125. The first-order valence-corrected chi connectivity index (χ1v) is 6.43. The molecule has 0 spiro atoms. The minimum absolute atomic E-state index is 0.287. The number of aliphatic hydroxyl groups is 1. The fourth-order valence-corrected chi connectivity index (χ4v) is 2.31.